The maximum absolute atomic E-state index is 13.0. The molecule has 0 aliphatic heterocycles. The van der Waals surface area contributed by atoms with Gasteiger partial charge >= 0.3 is 0 Å². The molecule has 9 heteroatoms. The molecule has 5 rings (SSSR count). The van der Waals surface area contributed by atoms with Gasteiger partial charge in [0.25, 0.3) is 5.91 Å². The number of nitrogens with one attached hydrogen (secondary N) is 2. The van der Waals surface area contributed by atoms with Crippen LogP contribution >= 0.6 is 11.6 Å². The molecule has 36 heavy (non-hydrogen) atoms. The van der Waals surface area contributed by atoms with Gasteiger partial charge in [0.1, 0.15) is 5.75 Å². The Hall–Kier alpha value is -3.91. The number of nitrogens with zero attached hydrogens (tertiary/aromatic N) is 4. The molecule has 184 valence electrons. The quantitative estimate of drug-likeness (QED) is 0.318. The van der Waals surface area contributed by atoms with E-state index >= 15 is 0 Å². The first-order valence-corrected chi connectivity index (χ1v) is 12.2. The van der Waals surface area contributed by atoms with Gasteiger partial charge in [0.15, 0.2) is 0 Å². The number of ether oxygens (including phenoxy) is 1. The smallest absolute Gasteiger partial charge is 0.255 e. The average Bonchev–Trinajstić information content (AvgIpc) is 3.56. The Morgan fingerprint density at radius 2 is 2.00 bits per heavy atom. The van der Waals surface area contributed by atoms with Gasteiger partial charge in [0.2, 0.25) is 5.95 Å². The summed E-state index contributed by atoms with van der Waals surface area (Å²) in [6.07, 6.45) is 8.34. The predicted molar refractivity (Wildman–Crippen MR) is 141 cm³/mol. The SMILES string of the molecule is COc1cc(C(=O)Nc2cccc3c2CCC3)ccc1Nc1ncc(Cl)c(-c2cnn(C(C)C)c2)n1. The van der Waals surface area contributed by atoms with Crippen LogP contribution in [0.1, 0.15) is 47.8 Å². The molecule has 0 fully saturated rings. The van der Waals surface area contributed by atoms with E-state index in [-0.39, 0.29) is 11.9 Å². The number of anilines is 3. The topological polar surface area (TPSA) is 94.0 Å². The minimum absolute atomic E-state index is 0.188. The number of methoxy groups -OCH3 is 1. The van der Waals surface area contributed by atoms with Crippen molar-refractivity contribution in [3.63, 3.8) is 0 Å². The second kappa shape index (κ2) is 9.99. The molecule has 0 saturated heterocycles. The summed E-state index contributed by atoms with van der Waals surface area (Å²) in [6, 6.07) is 11.5. The Morgan fingerprint density at radius 3 is 2.78 bits per heavy atom. The third kappa shape index (κ3) is 4.77. The van der Waals surface area contributed by atoms with Gasteiger partial charge in [-0.2, -0.15) is 5.10 Å². The van der Waals surface area contributed by atoms with Gasteiger partial charge in [-0.25, -0.2) is 9.97 Å². The van der Waals surface area contributed by atoms with Crippen LogP contribution in [0.4, 0.5) is 17.3 Å². The lowest BCUT2D eigenvalue weighted by Crippen LogP contribution is -2.13. The van der Waals surface area contributed by atoms with Crippen LogP contribution in [0.3, 0.4) is 0 Å². The Morgan fingerprint density at radius 1 is 1.14 bits per heavy atom. The molecule has 1 aliphatic carbocycles. The number of aromatic nitrogens is 4. The van der Waals surface area contributed by atoms with Crippen LogP contribution in [0.15, 0.2) is 55.0 Å². The van der Waals surface area contributed by atoms with Gasteiger partial charge in [-0.15, -0.1) is 0 Å². The summed E-state index contributed by atoms with van der Waals surface area (Å²) in [7, 11) is 1.56. The van der Waals surface area contributed by atoms with E-state index in [1.165, 1.54) is 11.1 Å². The predicted octanol–water partition coefficient (Wildman–Crippen LogP) is 6.07. The molecule has 0 atom stereocenters. The van der Waals surface area contributed by atoms with Crippen molar-refractivity contribution in [2.24, 2.45) is 0 Å². The van der Waals surface area contributed by atoms with Gasteiger partial charge in [0, 0.05) is 29.1 Å². The molecular formula is C27H27ClN6O2. The van der Waals surface area contributed by atoms with E-state index in [1.807, 2.05) is 36.9 Å². The van der Waals surface area contributed by atoms with E-state index in [2.05, 4.69) is 31.8 Å². The van der Waals surface area contributed by atoms with Crippen molar-refractivity contribution in [2.45, 2.75) is 39.2 Å². The fourth-order valence-corrected chi connectivity index (χ4v) is 4.56. The fourth-order valence-electron chi connectivity index (χ4n) is 4.36. The van der Waals surface area contributed by atoms with Gasteiger partial charge in [-0.1, -0.05) is 23.7 Å². The molecule has 0 spiro atoms. The molecule has 0 radical (unpaired) electrons. The van der Waals surface area contributed by atoms with Crippen LogP contribution in [-0.4, -0.2) is 32.8 Å². The Bertz CT molecular complexity index is 1430. The zero-order chi connectivity index (χ0) is 25.2. The molecule has 2 heterocycles. The monoisotopic (exact) mass is 502 g/mol. The van der Waals surface area contributed by atoms with Crippen LogP contribution in [0.5, 0.6) is 5.75 Å². The summed E-state index contributed by atoms with van der Waals surface area (Å²) >= 11 is 6.38. The molecule has 2 N–H and O–H groups in total. The number of aryl methyl sites for hydroxylation is 1. The highest BCUT2D eigenvalue weighted by atomic mass is 35.5. The minimum atomic E-state index is -0.188. The third-order valence-corrected chi connectivity index (χ3v) is 6.53. The Labute approximate surface area is 214 Å². The largest absolute Gasteiger partial charge is 0.495 e. The average molecular weight is 503 g/mol. The van der Waals surface area contributed by atoms with Crippen LogP contribution in [-0.2, 0) is 12.8 Å². The number of halogens is 1. The Kier molecular flexibility index (Phi) is 6.61. The van der Waals surface area contributed by atoms with Gasteiger partial charge in [-0.3, -0.25) is 9.48 Å². The van der Waals surface area contributed by atoms with E-state index in [1.54, 1.807) is 37.7 Å². The molecule has 1 aliphatic rings. The van der Waals surface area contributed by atoms with Crippen molar-refractivity contribution in [1.82, 2.24) is 19.7 Å². The van der Waals surface area contributed by atoms with E-state index in [4.69, 9.17) is 16.3 Å². The zero-order valence-corrected chi connectivity index (χ0v) is 21.1. The highest BCUT2D eigenvalue weighted by Crippen LogP contribution is 2.32. The summed E-state index contributed by atoms with van der Waals surface area (Å²) < 4.78 is 7.41. The minimum Gasteiger partial charge on any atom is -0.495 e. The molecule has 2 aromatic heterocycles. The molecule has 0 bridgehead atoms. The maximum Gasteiger partial charge on any atom is 0.255 e. The van der Waals surface area contributed by atoms with E-state index < -0.39 is 0 Å². The summed E-state index contributed by atoms with van der Waals surface area (Å²) in [6.45, 7) is 4.10. The van der Waals surface area contributed by atoms with Crippen LogP contribution in [0.25, 0.3) is 11.3 Å². The molecule has 1 amide bonds. The zero-order valence-electron chi connectivity index (χ0n) is 20.4. The molecule has 0 saturated carbocycles. The van der Waals surface area contributed by atoms with E-state index in [9.17, 15) is 4.79 Å². The Balaban J connectivity index is 1.37. The van der Waals surface area contributed by atoms with Crippen molar-refractivity contribution in [2.75, 3.05) is 17.7 Å². The molecule has 0 unspecified atom stereocenters. The van der Waals surface area contributed by atoms with Gasteiger partial charge in [-0.05, 0) is 68.5 Å². The van der Waals surface area contributed by atoms with Crippen molar-refractivity contribution < 1.29 is 9.53 Å². The highest BCUT2D eigenvalue weighted by Gasteiger charge is 2.18. The van der Waals surface area contributed by atoms with E-state index in [0.717, 1.165) is 30.5 Å². The molecule has 2 aromatic carbocycles. The molecule has 4 aromatic rings. The number of rotatable bonds is 7. The summed E-state index contributed by atoms with van der Waals surface area (Å²) in [5.74, 6) is 0.656. The highest BCUT2D eigenvalue weighted by molar-refractivity contribution is 6.32. The number of amides is 1. The lowest BCUT2D eigenvalue weighted by molar-refractivity contribution is 0.102. The second-order valence-corrected chi connectivity index (χ2v) is 9.39. The normalized spacial score (nSPS) is 12.5. The van der Waals surface area contributed by atoms with E-state index in [0.29, 0.717) is 33.7 Å². The van der Waals surface area contributed by atoms with Crippen LogP contribution in [0.2, 0.25) is 5.02 Å². The third-order valence-electron chi connectivity index (χ3n) is 6.25. The fraction of sp³-hybridized carbons (Fsp3) is 0.259. The van der Waals surface area contributed by atoms with Crippen molar-refractivity contribution >= 4 is 34.8 Å². The lowest BCUT2D eigenvalue weighted by Gasteiger charge is -2.14. The van der Waals surface area contributed by atoms with Crippen LogP contribution in [0, 0.1) is 0 Å². The first kappa shape index (κ1) is 23.8. The summed E-state index contributed by atoms with van der Waals surface area (Å²) in [4.78, 5) is 21.9. The van der Waals surface area contributed by atoms with Crippen molar-refractivity contribution in [3.05, 3.63) is 76.7 Å². The summed E-state index contributed by atoms with van der Waals surface area (Å²) in [5, 5.41) is 11.0. The standard InChI is InChI=1S/C27H27ClN6O2/c1-16(2)34-15-19(13-30-34)25-21(28)14-29-27(33-25)32-23-11-10-18(12-24(23)36-3)26(35)31-22-9-5-7-17-6-4-8-20(17)22/h5,7,9-16H,4,6,8H2,1-3H3,(H,31,35)(H,29,32,33). The summed E-state index contributed by atoms with van der Waals surface area (Å²) in [5.41, 5.74) is 5.90. The first-order valence-electron chi connectivity index (χ1n) is 11.9. The molecule has 8 nitrogen and oxygen atoms in total. The van der Waals surface area contributed by atoms with Crippen molar-refractivity contribution in [1.29, 1.82) is 0 Å². The number of benzene rings is 2. The van der Waals surface area contributed by atoms with Crippen molar-refractivity contribution in [3.8, 4) is 17.0 Å². The van der Waals surface area contributed by atoms with Gasteiger partial charge in [0.05, 0.1) is 35.9 Å². The number of carbonyl (C=O) groups is 1. The van der Waals surface area contributed by atoms with Crippen LogP contribution < -0.4 is 15.4 Å². The number of fused-ring (bicyclic) bond motifs is 1. The van der Waals surface area contributed by atoms with Gasteiger partial charge < -0.3 is 15.4 Å². The lowest BCUT2D eigenvalue weighted by atomic mass is 10.1. The number of carbonyl (C=O) groups excluding carboxylic acids is 1. The number of hydrogen-bond donors (Lipinski definition) is 2. The first-order chi connectivity index (χ1) is 17.4. The number of hydrogen-bond acceptors (Lipinski definition) is 6. The maximum atomic E-state index is 13.0. The second-order valence-electron chi connectivity index (χ2n) is 8.98. The molecular weight excluding hydrogens is 476 g/mol.